The summed E-state index contributed by atoms with van der Waals surface area (Å²) in [4.78, 5) is 0. The van der Waals surface area contributed by atoms with Crippen molar-refractivity contribution >= 4 is 24.0 Å². The molecule has 0 saturated carbocycles. The topological polar surface area (TPSA) is 35.2 Å². The van der Waals surface area contributed by atoms with Gasteiger partial charge in [-0.25, -0.2) is 0 Å². The van der Waals surface area contributed by atoms with Crippen molar-refractivity contribution in [3.05, 3.63) is 28.3 Å². The highest BCUT2D eigenvalue weighted by Crippen LogP contribution is 2.28. The lowest BCUT2D eigenvalue weighted by Gasteiger charge is -2.15. The largest absolute Gasteiger partial charge is 0.493 e. The molecule has 0 aliphatic rings. The number of aryl methyl sites for hydroxylation is 1. The number of benzene rings is 1. The molecule has 1 aromatic rings. The van der Waals surface area contributed by atoms with Gasteiger partial charge in [0, 0.05) is 11.1 Å². The average molecular weight is 278 g/mol. The molecule has 1 unspecified atom stereocenters. The van der Waals surface area contributed by atoms with E-state index in [1.54, 1.807) is 0 Å². The van der Waals surface area contributed by atoms with Crippen molar-refractivity contribution in [2.75, 3.05) is 6.61 Å². The first kappa shape index (κ1) is 16.6. The van der Waals surface area contributed by atoms with E-state index in [0.29, 0.717) is 0 Å². The van der Waals surface area contributed by atoms with E-state index in [-0.39, 0.29) is 18.4 Å². The third-order valence-electron chi connectivity index (χ3n) is 2.31. The number of rotatable bonds is 5. The van der Waals surface area contributed by atoms with Crippen LogP contribution in [-0.2, 0) is 6.42 Å². The average Bonchev–Trinajstić information content (AvgIpc) is 2.15. The number of hydrogen-bond acceptors (Lipinski definition) is 2. The third-order valence-corrected chi connectivity index (χ3v) is 2.53. The first-order chi connectivity index (χ1) is 7.54. The molecular formula is C13H21Cl2NO. The highest BCUT2D eigenvalue weighted by Gasteiger charge is 2.10. The summed E-state index contributed by atoms with van der Waals surface area (Å²) in [5, 5.41) is 0.747. The van der Waals surface area contributed by atoms with Gasteiger partial charge in [-0.1, -0.05) is 18.5 Å². The zero-order chi connectivity index (χ0) is 12.1. The molecule has 2 nitrogen and oxygen atoms in total. The highest BCUT2D eigenvalue weighted by atomic mass is 35.5. The summed E-state index contributed by atoms with van der Waals surface area (Å²) < 4.78 is 5.76. The molecule has 1 atom stereocenters. The molecule has 0 bridgehead atoms. The van der Waals surface area contributed by atoms with E-state index in [0.717, 1.165) is 41.3 Å². The first-order valence-electron chi connectivity index (χ1n) is 5.72. The second-order valence-corrected chi connectivity index (χ2v) is 4.68. The van der Waals surface area contributed by atoms with Crippen LogP contribution in [0.1, 0.15) is 31.4 Å². The second kappa shape index (κ2) is 7.80. The van der Waals surface area contributed by atoms with Gasteiger partial charge in [-0.15, -0.1) is 12.4 Å². The molecule has 0 aromatic heterocycles. The molecule has 0 aliphatic heterocycles. The van der Waals surface area contributed by atoms with Gasteiger partial charge in [0.05, 0.1) is 6.61 Å². The predicted molar refractivity (Wildman–Crippen MR) is 76.6 cm³/mol. The van der Waals surface area contributed by atoms with Crippen LogP contribution in [0.15, 0.2) is 12.1 Å². The summed E-state index contributed by atoms with van der Waals surface area (Å²) >= 11 is 6.04. The Morgan fingerprint density at radius 2 is 2.06 bits per heavy atom. The quantitative estimate of drug-likeness (QED) is 0.890. The van der Waals surface area contributed by atoms with Crippen LogP contribution in [0.5, 0.6) is 5.75 Å². The van der Waals surface area contributed by atoms with Gasteiger partial charge >= 0.3 is 0 Å². The number of ether oxygens (including phenoxy) is 1. The molecule has 0 heterocycles. The second-order valence-electron chi connectivity index (χ2n) is 4.24. The Balaban J connectivity index is 0.00000256. The van der Waals surface area contributed by atoms with Crippen LogP contribution in [0.4, 0.5) is 0 Å². The summed E-state index contributed by atoms with van der Waals surface area (Å²) in [5.41, 5.74) is 8.01. The lowest BCUT2D eigenvalue weighted by atomic mass is 10.0. The molecule has 1 rings (SSSR count). The zero-order valence-electron chi connectivity index (χ0n) is 10.6. The van der Waals surface area contributed by atoms with Crippen molar-refractivity contribution in [3.63, 3.8) is 0 Å². The molecule has 0 amide bonds. The van der Waals surface area contributed by atoms with Gasteiger partial charge in [-0.3, -0.25) is 0 Å². The molecule has 0 fully saturated rings. The molecule has 98 valence electrons. The summed E-state index contributed by atoms with van der Waals surface area (Å²) in [7, 11) is 0. The van der Waals surface area contributed by atoms with Crippen LogP contribution in [-0.4, -0.2) is 12.6 Å². The molecule has 2 N–H and O–H groups in total. The van der Waals surface area contributed by atoms with E-state index in [4.69, 9.17) is 22.1 Å². The SMILES string of the molecule is CCCOc1c(C)cc(Cl)cc1CC(C)N.Cl. The standard InChI is InChI=1S/C13H20ClNO.ClH/c1-4-5-16-13-9(2)6-12(14)8-11(13)7-10(3)15;/h6,8,10H,4-5,7,15H2,1-3H3;1H. The van der Waals surface area contributed by atoms with Crippen molar-refractivity contribution in [1.29, 1.82) is 0 Å². The molecule has 0 aliphatic carbocycles. The smallest absolute Gasteiger partial charge is 0.125 e. The Kier molecular flexibility index (Phi) is 7.60. The Bertz CT molecular complexity index is 354. The summed E-state index contributed by atoms with van der Waals surface area (Å²) in [6.07, 6.45) is 1.79. The maximum Gasteiger partial charge on any atom is 0.125 e. The van der Waals surface area contributed by atoms with Crippen LogP contribution in [0.2, 0.25) is 5.02 Å². The molecule has 0 spiro atoms. The maximum absolute atomic E-state index is 6.04. The van der Waals surface area contributed by atoms with Gasteiger partial charge in [0.15, 0.2) is 0 Å². The fourth-order valence-corrected chi connectivity index (χ4v) is 2.00. The summed E-state index contributed by atoms with van der Waals surface area (Å²) in [5.74, 6) is 0.948. The van der Waals surface area contributed by atoms with E-state index >= 15 is 0 Å². The van der Waals surface area contributed by atoms with Crippen LogP contribution >= 0.6 is 24.0 Å². The van der Waals surface area contributed by atoms with Gasteiger partial charge < -0.3 is 10.5 Å². The fraction of sp³-hybridized carbons (Fsp3) is 0.538. The normalized spacial score (nSPS) is 11.8. The minimum atomic E-state index is 0. The van der Waals surface area contributed by atoms with E-state index in [9.17, 15) is 0 Å². The first-order valence-corrected chi connectivity index (χ1v) is 6.09. The van der Waals surface area contributed by atoms with Gasteiger partial charge in [-0.2, -0.15) is 0 Å². The van der Waals surface area contributed by atoms with Gasteiger partial charge in [-0.05, 0) is 49.9 Å². The van der Waals surface area contributed by atoms with Crippen LogP contribution in [0, 0.1) is 6.92 Å². The number of hydrogen-bond donors (Lipinski definition) is 1. The van der Waals surface area contributed by atoms with Crippen molar-refractivity contribution in [3.8, 4) is 5.75 Å². The highest BCUT2D eigenvalue weighted by molar-refractivity contribution is 6.30. The lowest BCUT2D eigenvalue weighted by molar-refractivity contribution is 0.311. The van der Waals surface area contributed by atoms with E-state index < -0.39 is 0 Å². The molecule has 1 aromatic carbocycles. The van der Waals surface area contributed by atoms with E-state index in [1.165, 1.54) is 0 Å². The molecule has 17 heavy (non-hydrogen) atoms. The van der Waals surface area contributed by atoms with Gasteiger partial charge in [0.2, 0.25) is 0 Å². The van der Waals surface area contributed by atoms with E-state index in [1.807, 2.05) is 26.0 Å². The molecule has 0 radical (unpaired) electrons. The maximum atomic E-state index is 6.04. The number of nitrogens with two attached hydrogens (primary N) is 1. The Morgan fingerprint density at radius 3 is 2.59 bits per heavy atom. The minimum absolute atomic E-state index is 0. The predicted octanol–water partition coefficient (Wildman–Crippen LogP) is 3.75. The zero-order valence-corrected chi connectivity index (χ0v) is 12.2. The van der Waals surface area contributed by atoms with Crippen LogP contribution < -0.4 is 10.5 Å². The minimum Gasteiger partial charge on any atom is -0.493 e. The number of halogens is 2. The van der Waals surface area contributed by atoms with Crippen LogP contribution in [0.3, 0.4) is 0 Å². The summed E-state index contributed by atoms with van der Waals surface area (Å²) in [6, 6.07) is 3.99. The molecule has 0 saturated heterocycles. The van der Waals surface area contributed by atoms with Gasteiger partial charge in [0.1, 0.15) is 5.75 Å². The van der Waals surface area contributed by atoms with Crippen molar-refractivity contribution in [2.24, 2.45) is 5.73 Å². The van der Waals surface area contributed by atoms with Crippen molar-refractivity contribution in [2.45, 2.75) is 39.7 Å². The van der Waals surface area contributed by atoms with Gasteiger partial charge in [0.25, 0.3) is 0 Å². The fourth-order valence-electron chi connectivity index (χ4n) is 1.71. The monoisotopic (exact) mass is 277 g/mol. The Morgan fingerprint density at radius 1 is 1.41 bits per heavy atom. The van der Waals surface area contributed by atoms with Crippen molar-refractivity contribution in [1.82, 2.24) is 0 Å². The third kappa shape index (κ3) is 5.15. The summed E-state index contributed by atoms with van der Waals surface area (Å²) in [6.45, 7) is 6.83. The van der Waals surface area contributed by atoms with Crippen molar-refractivity contribution < 1.29 is 4.74 Å². The molecule has 4 heteroatoms. The Hall–Kier alpha value is -0.440. The molecular weight excluding hydrogens is 257 g/mol. The van der Waals surface area contributed by atoms with E-state index in [2.05, 4.69) is 6.92 Å². The van der Waals surface area contributed by atoms with Crippen LogP contribution in [0.25, 0.3) is 0 Å². The Labute approximate surface area is 115 Å². The lowest BCUT2D eigenvalue weighted by Crippen LogP contribution is -2.18.